The second kappa shape index (κ2) is 8.62. The zero-order valence-corrected chi connectivity index (χ0v) is 19.2. The zero-order valence-electron chi connectivity index (χ0n) is 18.4. The third kappa shape index (κ3) is 4.17. The predicted octanol–water partition coefficient (Wildman–Crippen LogP) is 4.38. The van der Waals surface area contributed by atoms with E-state index in [1.165, 1.54) is 11.3 Å². The van der Waals surface area contributed by atoms with Gasteiger partial charge < -0.3 is 14.8 Å². The highest BCUT2D eigenvalue weighted by atomic mass is 32.1. The van der Waals surface area contributed by atoms with Crippen LogP contribution in [0.3, 0.4) is 0 Å². The summed E-state index contributed by atoms with van der Waals surface area (Å²) in [5.74, 6) is 1.74. The van der Waals surface area contributed by atoms with Gasteiger partial charge in [0.05, 0.1) is 26.0 Å². The first-order chi connectivity index (χ1) is 16.1. The number of nitrogens with one attached hydrogen (secondary N) is 1. The molecule has 0 spiro atoms. The van der Waals surface area contributed by atoms with Crippen LogP contribution in [0.2, 0.25) is 0 Å². The minimum Gasteiger partial charge on any atom is -0.493 e. The number of amides is 1. The highest BCUT2D eigenvalue weighted by molar-refractivity contribution is 7.17. The van der Waals surface area contributed by atoms with E-state index in [2.05, 4.69) is 25.8 Å². The van der Waals surface area contributed by atoms with Crippen LogP contribution in [0.15, 0.2) is 42.5 Å². The van der Waals surface area contributed by atoms with Crippen molar-refractivity contribution in [1.82, 2.24) is 25.2 Å². The minimum atomic E-state index is -0.212. The van der Waals surface area contributed by atoms with E-state index >= 15 is 0 Å². The first kappa shape index (κ1) is 21.1. The third-order valence-corrected chi connectivity index (χ3v) is 6.60. The summed E-state index contributed by atoms with van der Waals surface area (Å²) in [6, 6.07) is 13.5. The average molecular weight is 463 g/mol. The van der Waals surface area contributed by atoms with Gasteiger partial charge in [-0.2, -0.15) is 0 Å². The Bertz CT molecular complexity index is 1330. The number of methoxy groups -OCH3 is 2. The van der Waals surface area contributed by atoms with E-state index < -0.39 is 0 Å². The number of ether oxygens (including phenoxy) is 2. The molecule has 1 aliphatic carbocycles. The normalized spacial score (nSPS) is 13.1. The molecular weight excluding hydrogens is 440 g/mol. The number of benzene rings is 2. The van der Waals surface area contributed by atoms with Crippen LogP contribution < -0.4 is 14.8 Å². The molecule has 1 aliphatic rings. The number of hydrogen-bond donors (Lipinski definition) is 1. The van der Waals surface area contributed by atoms with E-state index in [1.807, 2.05) is 54.1 Å². The van der Waals surface area contributed by atoms with E-state index in [0.717, 1.165) is 29.0 Å². The summed E-state index contributed by atoms with van der Waals surface area (Å²) in [5, 5.41) is 15.8. The minimum absolute atomic E-state index is 0.212. The van der Waals surface area contributed by atoms with E-state index in [-0.39, 0.29) is 5.91 Å². The van der Waals surface area contributed by atoms with Crippen LogP contribution in [0.5, 0.6) is 11.5 Å². The number of thiazole rings is 1. The molecule has 0 unspecified atom stereocenters. The van der Waals surface area contributed by atoms with Crippen molar-refractivity contribution in [1.29, 1.82) is 0 Å². The second-order valence-electron chi connectivity index (χ2n) is 7.72. The molecule has 2 heterocycles. The maximum atomic E-state index is 13.1. The molecule has 1 N–H and O–H groups in total. The fourth-order valence-corrected chi connectivity index (χ4v) is 4.53. The summed E-state index contributed by atoms with van der Waals surface area (Å²) in [7, 11) is 3.18. The molecule has 10 heteroatoms. The van der Waals surface area contributed by atoms with Gasteiger partial charge in [0.1, 0.15) is 9.88 Å². The molecule has 2 aromatic carbocycles. The van der Waals surface area contributed by atoms with Gasteiger partial charge in [0.2, 0.25) is 0 Å². The molecule has 5 rings (SSSR count). The van der Waals surface area contributed by atoms with Gasteiger partial charge in [0, 0.05) is 16.8 Å². The van der Waals surface area contributed by atoms with Crippen LogP contribution in [-0.2, 0) is 0 Å². The van der Waals surface area contributed by atoms with Gasteiger partial charge in [-0.3, -0.25) is 4.79 Å². The van der Waals surface area contributed by atoms with Gasteiger partial charge in [-0.15, -0.1) is 16.4 Å². The SMILES string of the molecule is COc1ccc(-c2nc(C)c(C(=O)Nc3cccc(-c4nnnn4C4CC4)c3)s2)cc1OC. The lowest BCUT2D eigenvalue weighted by molar-refractivity contribution is 0.103. The Morgan fingerprint density at radius 3 is 2.67 bits per heavy atom. The lowest BCUT2D eigenvalue weighted by atomic mass is 10.2. The van der Waals surface area contributed by atoms with Crippen LogP contribution in [0.1, 0.15) is 34.2 Å². The lowest BCUT2D eigenvalue weighted by Crippen LogP contribution is -2.11. The summed E-state index contributed by atoms with van der Waals surface area (Å²) in [5.41, 5.74) is 3.05. The predicted molar refractivity (Wildman–Crippen MR) is 125 cm³/mol. The van der Waals surface area contributed by atoms with Crippen molar-refractivity contribution in [3.8, 4) is 33.5 Å². The molecule has 0 saturated heterocycles. The Balaban J connectivity index is 1.38. The fraction of sp³-hybridized carbons (Fsp3) is 0.261. The summed E-state index contributed by atoms with van der Waals surface area (Å²) in [6.07, 6.45) is 2.17. The smallest absolute Gasteiger partial charge is 0.267 e. The van der Waals surface area contributed by atoms with Crippen LogP contribution >= 0.6 is 11.3 Å². The Hall–Kier alpha value is -3.79. The lowest BCUT2D eigenvalue weighted by Gasteiger charge is -2.08. The summed E-state index contributed by atoms with van der Waals surface area (Å²) < 4.78 is 12.5. The quantitative estimate of drug-likeness (QED) is 0.435. The molecular formula is C23H22N6O3S. The van der Waals surface area contributed by atoms with Gasteiger partial charge in [0.15, 0.2) is 17.3 Å². The molecule has 0 bridgehead atoms. The second-order valence-corrected chi connectivity index (χ2v) is 8.72. The fourth-order valence-electron chi connectivity index (χ4n) is 3.57. The maximum Gasteiger partial charge on any atom is 0.267 e. The number of tetrazole rings is 1. The molecule has 1 saturated carbocycles. The van der Waals surface area contributed by atoms with Crippen molar-refractivity contribution in [3.05, 3.63) is 53.0 Å². The molecule has 9 nitrogen and oxygen atoms in total. The highest BCUT2D eigenvalue weighted by Crippen LogP contribution is 2.37. The van der Waals surface area contributed by atoms with Gasteiger partial charge >= 0.3 is 0 Å². The Labute approximate surface area is 194 Å². The molecule has 0 aliphatic heterocycles. The standard InChI is InChI=1S/C23H22N6O3S/c1-13-20(33-23(24-13)15-7-10-18(31-2)19(12-15)32-3)22(30)25-16-6-4-5-14(11-16)21-26-27-28-29(21)17-8-9-17/h4-7,10-12,17H,8-9H2,1-3H3,(H,25,30). The van der Waals surface area contributed by atoms with Crippen molar-refractivity contribution < 1.29 is 14.3 Å². The molecule has 1 fully saturated rings. The third-order valence-electron chi connectivity index (χ3n) is 5.40. The largest absolute Gasteiger partial charge is 0.493 e. The number of anilines is 1. The van der Waals surface area contributed by atoms with Gasteiger partial charge in [-0.1, -0.05) is 12.1 Å². The summed E-state index contributed by atoms with van der Waals surface area (Å²) >= 11 is 1.33. The number of carbonyl (C=O) groups is 1. The molecule has 33 heavy (non-hydrogen) atoms. The maximum absolute atomic E-state index is 13.1. The molecule has 1 amide bonds. The van der Waals surface area contributed by atoms with Crippen molar-refractivity contribution in [2.75, 3.05) is 19.5 Å². The number of carbonyl (C=O) groups excluding carboxylic acids is 1. The van der Waals surface area contributed by atoms with E-state index in [1.54, 1.807) is 14.2 Å². The molecule has 2 aromatic heterocycles. The average Bonchev–Trinajstić information content (AvgIpc) is 3.42. The molecule has 4 aromatic rings. The molecule has 0 atom stereocenters. The van der Waals surface area contributed by atoms with Crippen LogP contribution in [0.25, 0.3) is 22.0 Å². The number of hydrogen-bond acceptors (Lipinski definition) is 8. The Morgan fingerprint density at radius 2 is 1.91 bits per heavy atom. The monoisotopic (exact) mass is 462 g/mol. The van der Waals surface area contributed by atoms with Crippen molar-refractivity contribution >= 4 is 22.9 Å². The number of aryl methyl sites for hydroxylation is 1. The highest BCUT2D eigenvalue weighted by Gasteiger charge is 2.28. The van der Waals surface area contributed by atoms with Crippen LogP contribution in [0, 0.1) is 6.92 Å². The van der Waals surface area contributed by atoms with Crippen molar-refractivity contribution in [3.63, 3.8) is 0 Å². The number of nitrogens with zero attached hydrogens (tertiary/aromatic N) is 5. The summed E-state index contributed by atoms with van der Waals surface area (Å²) in [6.45, 7) is 1.83. The van der Waals surface area contributed by atoms with E-state index in [4.69, 9.17) is 9.47 Å². The Morgan fingerprint density at radius 1 is 1.09 bits per heavy atom. The zero-order chi connectivity index (χ0) is 22.9. The van der Waals surface area contributed by atoms with Crippen LogP contribution in [0.4, 0.5) is 5.69 Å². The Kier molecular flexibility index (Phi) is 5.51. The summed E-state index contributed by atoms with van der Waals surface area (Å²) in [4.78, 5) is 18.2. The van der Waals surface area contributed by atoms with Gasteiger partial charge in [-0.05, 0) is 60.5 Å². The molecule has 168 valence electrons. The number of rotatable bonds is 7. The molecule has 0 radical (unpaired) electrons. The first-order valence-corrected chi connectivity index (χ1v) is 11.3. The van der Waals surface area contributed by atoms with E-state index in [9.17, 15) is 4.79 Å². The van der Waals surface area contributed by atoms with Crippen molar-refractivity contribution in [2.45, 2.75) is 25.8 Å². The van der Waals surface area contributed by atoms with Crippen molar-refractivity contribution in [2.24, 2.45) is 0 Å². The van der Waals surface area contributed by atoms with Crippen LogP contribution in [-0.4, -0.2) is 45.3 Å². The first-order valence-electron chi connectivity index (χ1n) is 10.5. The van der Waals surface area contributed by atoms with Gasteiger partial charge in [0.25, 0.3) is 5.91 Å². The van der Waals surface area contributed by atoms with Gasteiger partial charge in [-0.25, -0.2) is 9.67 Å². The van der Waals surface area contributed by atoms with E-state index in [0.29, 0.717) is 39.6 Å². The number of aromatic nitrogens is 5. The topological polar surface area (TPSA) is 104 Å².